The standard InChI is InChI=1S/C14H21N3O2/c1-10-7-11(3-4-13(10)19-2)12(8-15)17-6-5-16-14(18)9-17/h3-4,7,12H,5-6,8-9,15H2,1-2H3,(H,16,18). The van der Waals surface area contributed by atoms with Crippen molar-refractivity contribution in [2.24, 2.45) is 5.73 Å². The van der Waals surface area contributed by atoms with Crippen molar-refractivity contribution < 1.29 is 9.53 Å². The van der Waals surface area contributed by atoms with Gasteiger partial charge in [0.1, 0.15) is 5.75 Å². The van der Waals surface area contributed by atoms with Crippen molar-refractivity contribution in [3.8, 4) is 5.75 Å². The molecule has 1 unspecified atom stereocenters. The van der Waals surface area contributed by atoms with Crippen molar-refractivity contribution >= 4 is 5.91 Å². The lowest BCUT2D eigenvalue weighted by molar-refractivity contribution is -0.124. The molecule has 1 fully saturated rings. The maximum Gasteiger partial charge on any atom is 0.234 e. The first-order chi connectivity index (χ1) is 9.15. The Morgan fingerprint density at radius 3 is 2.89 bits per heavy atom. The molecule has 1 aromatic rings. The summed E-state index contributed by atoms with van der Waals surface area (Å²) in [5, 5.41) is 2.83. The number of aryl methyl sites for hydroxylation is 1. The van der Waals surface area contributed by atoms with Crippen molar-refractivity contribution in [2.45, 2.75) is 13.0 Å². The fourth-order valence-electron chi connectivity index (χ4n) is 2.53. The molecule has 0 aromatic heterocycles. The molecule has 19 heavy (non-hydrogen) atoms. The average molecular weight is 263 g/mol. The summed E-state index contributed by atoms with van der Waals surface area (Å²) in [5.74, 6) is 0.936. The summed E-state index contributed by atoms with van der Waals surface area (Å²) < 4.78 is 5.27. The average Bonchev–Trinajstić information content (AvgIpc) is 2.40. The molecule has 0 bridgehead atoms. The maximum atomic E-state index is 11.5. The number of nitrogens with two attached hydrogens (primary N) is 1. The van der Waals surface area contributed by atoms with E-state index in [1.807, 2.05) is 19.1 Å². The van der Waals surface area contributed by atoms with Crippen LogP contribution in [0.5, 0.6) is 5.75 Å². The fourth-order valence-corrected chi connectivity index (χ4v) is 2.53. The van der Waals surface area contributed by atoms with E-state index in [2.05, 4.69) is 16.3 Å². The predicted molar refractivity (Wildman–Crippen MR) is 74.1 cm³/mol. The topological polar surface area (TPSA) is 67.6 Å². The van der Waals surface area contributed by atoms with Gasteiger partial charge in [0.25, 0.3) is 0 Å². The normalized spacial score (nSPS) is 17.9. The molecule has 1 atom stereocenters. The SMILES string of the molecule is COc1ccc(C(CN)N2CCNC(=O)C2)cc1C. The number of amides is 1. The third-order valence-corrected chi connectivity index (χ3v) is 3.54. The van der Waals surface area contributed by atoms with Crippen LogP contribution in [0.3, 0.4) is 0 Å². The van der Waals surface area contributed by atoms with E-state index in [-0.39, 0.29) is 11.9 Å². The molecule has 0 aliphatic carbocycles. The van der Waals surface area contributed by atoms with Gasteiger partial charge in [0.2, 0.25) is 5.91 Å². The molecule has 1 aliphatic rings. The zero-order valence-electron chi connectivity index (χ0n) is 11.5. The predicted octanol–water partition coefficient (Wildman–Crippen LogP) is 0.435. The lowest BCUT2D eigenvalue weighted by Crippen LogP contribution is -2.50. The lowest BCUT2D eigenvalue weighted by atomic mass is 10.0. The lowest BCUT2D eigenvalue weighted by Gasteiger charge is -2.34. The van der Waals surface area contributed by atoms with Crippen LogP contribution < -0.4 is 15.8 Å². The molecule has 1 amide bonds. The Hall–Kier alpha value is -1.59. The van der Waals surface area contributed by atoms with E-state index in [1.54, 1.807) is 7.11 Å². The first-order valence-electron chi connectivity index (χ1n) is 6.51. The summed E-state index contributed by atoms with van der Waals surface area (Å²) in [5.41, 5.74) is 8.12. The van der Waals surface area contributed by atoms with Crippen LogP contribution in [0.15, 0.2) is 18.2 Å². The molecule has 5 heteroatoms. The largest absolute Gasteiger partial charge is 0.496 e. The molecule has 0 radical (unpaired) electrons. The number of carbonyl (C=O) groups excluding carboxylic acids is 1. The molecule has 1 aliphatic heterocycles. The van der Waals surface area contributed by atoms with E-state index in [0.717, 1.165) is 23.4 Å². The number of hydrogen-bond donors (Lipinski definition) is 2. The van der Waals surface area contributed by atoms with Gasteiger partial charge in [0.05, 0.1) is 13.7 Å². The summed E-state index contributed by atoms with van der Waals surface area (Å²) in [6, 6.07) is 6.14. The van der Waals surface area contributed by atoms with Crippen LogP contribution in [0.1, 0.15) is 17.2 Å². The fraction of sp³-hybridized carbons (Fsp3) is 0.500. The van der Waals surface area contributed by atoms with Gasteiger partial charge in [0, 0.05) is 25.7 Å². The van der Waals surface area contributed by atoms with Gasteiger partial charge in [-0.1, -0.05) is 12.1 Å². The van der Waals surface area contributed by atoms with Gasteiger partial charge in [0.15, 0.2) is 0 Å². The molecule has 104 valence electrons. The number of nitrogens with zero attached hydrogens (tertiary/aromatic N) is 1. The van der Waals surface area contributed by atoms with Crippen molar-refractivity contribution in [2.75, 3.05) is 33.3 Å². The minimum Gasteiger partial charge on any atom is -0.496 e. The van der Waals surface area contributed by atoms with Crippen LogP contribution in [0, 0.1) is 6.92 Å². The quantitative estimate of drug-likeness (QED) is 0.827. The Morgan fingerprint density at radius 2 is 2.32 bits per heavy atom. The molecular formula is C14H21N3O2. The van der Waals surface area contributed by atoms with Gasteiger partial charge < -0.3 is 15.8 Å². The first-order valence-corrected chi connectivity index (χ1v) is 6.51. The number of benzene rings is 1. The minimum atomic E-state index is 0.0648. The number of hydrogen-bond acceptors (Lipinski definition) is 4. The van der Waals surface area contributed by atoms with Gasteiger partial charge >= 0.3 is 0 Å². The third-order valence-electron chi connectivity index (χ3n) is 3.54. The third kappa shape index (κ3) is 3.05. The highest BCUT2D eigenvalue weighted by Gasteiger charge is 2.24. The molecular weight excluding hydrogens is 242 g/mol. The second-order valence-electron chi connectivity index (χ2n) is 4.80. The van der Waals surface area contributed by atoms with E-state index in [9.17, 15) is 4.79 Å². The molecule has 3 N–H and O–H groups in total. The zero-order valence-corrected chi connectivity index (χ0v) is 11.5. The number of rotatable bonds is 4. The molecule has 5 nitrogen and oxygen atoms in total. The van der Waals surface area contributed by atoms with Gasteiger partial charge in [-0.05, 0) is 24.1 Å². The molecule has 0 spiro atoms. The number of methoxy groups -OCH3 is 1. The smallest absolute Gasteiger partial charge is 0.234 e. The van der Waals surface area contributed by atoms with Crippen LogP contribution in [0.2, 0.25) is 0 Å². The maximum absolute atomic E-state index is 11.5. The number of nitrogens with one attached hydrogen (secondary N) is 1. The molecule has 2 rings (SSSR count). The molecule has 1 aromatic carbocycles. The number of ether oxygens (including phenoxy) is 1. The monoisotopic (exact) mass is 263 g/mol. The summed E-state index contributed by atoms with van der Waals surface area (Å²) in [6.45, 7) is 4.44. The van der Waals surface area contributed by atoms with Crippen LogP contribution >= 0.6 is 0 Å². The van der Waals surface area contributed by atoms with E-state index in [0.29, 0.717) is 19.6 Å². The minimum absolute atomic E-state index is 0.0648. The second-order valence-corrected chi connectivity index (χ2v) is 4.80. The summed E-state index contributed by atoms with van der Waals surface area (Å²) >= 11 is 0. The van der Waals surface area contributed by atoms with Crippen LogP contribution in [0.25, 0.3) is 0 Å². The number of carbonyl (C=O) groups is 1. The summed E-state index contributed by atoms with van der Waals surface area (Å²) in [7, 11) is 1.66. The van der Waals surface area contributed by atoms with Crippen LogP contribution in [-0.2, 0) is 4.79 Å². The Kier molecular flexibility index (Phi) is 4.39. The van der Waals surface area contributed by atoms with E-state index >= 15 is 0 Å². The highest BCUT2D eigenvalue weighted by atomic mass is 16.5. The first kappa shape index (κ1) is 13.8. The highest BCUT2D eigenvalue weighted by molar-refractivity contribution is 5.78. The van der Waals surface area contributed by atoms with Gasteiger partial charge in [-0.25, -0.2) is 0 Å². The van der Waals surface area contributed by atoms with Gasteiger partial charge in [-0.3, -0.25) is 9.69 Å². The van der Waals surface area contributed by atoms with E-state index < -0.39 is 0 Å². The van der Waals surface area contributed by atoms with E-state index in [4.69, 9.17) is 10.5 Å². The Balaban J connectivity index is 2.21. The van der Waals surface area contributed by atoms with Crippen molar-refractivity contribution in [3.63, 3.8) is 0 Å². The Labute approximate surface area is 113 Å². The Morgan fingerprint density at radius 1 is 1.53 bits per heavy atom. The zero-order chi connectivity index (χ0) is 13.8. The van der Waals surface area contributed by atoms with Crippen molar-refractivity contribution in [1.29, 1.82) is 0 Å². The molecule has 1 saturated heterocycles. The van der Waals surface area contributed by atoms with Crippen molar-refractivity contribution in [1.82, 2.24) is 10.2 Å². The molecule has 1 heterocycles. The van der Waals surface area contributed by atoms with Crippen LogP contribution in [0.4, 0.5) is 0 Å². The Bertz CT molecular complexity index is 462. The summed E-state index contributed by atoms with van der Waals surface area (Å²) in [4.78, 5) is 13.6. The molecule has 0 saturated carbocycles. The van der Waals surface area contributed by atoms with Gasteiger partial charge in [-0.15, -0.1) is 0 Å². The van der Waals surface area contributed by atoms with Crippen molar-refractivity contribution in [3.05, 3.63) is 29.3 Å². The number of piperazine rings is 1. The highest BCUT2D eigenvalue weighted by Crippen LogP contribution is 2.25. The summed E-state index contributed by atoms with van der Waals surface area (Å²) in [6.07, 6.45) is 0. The second kappa shape index (κ2) is 6.04. The van der Waals surface area contributed by atoms with Gasteiger partial charge in [-0.2, -0.15) is 0 Å². The van der Waals surface area contributed by atoms with Crippen LogP contribution in [-0.4, -0.2) is 44.1 Å². The van der Waals surface area contributed by atoms with E-state index in [1.165, 1.54) is 0 Å².